The number of hydrogen-bond donors (Lipinski definition) is 1. The van der Waals surface area contributed by atoms with Crippen molar-refractivity contribution in [3.63, 3.8) is 0 Å². The lowest BCUT2D eigenvalue weighted by Gasteiger charge is -2.13. The molecule has 4 aromatic rings. The minimum Gasteiger partial charge on any atom is -0.322 e. The molecule has 1 amide bonds. The molecule has 0 spiro atoms. The SMILES string of the molecule is CC(=O)c1cccc(NC(=O)c2cc(-c3ccc(C)cc3)nc3c2c(C)nn3C2CCS(=O)(=O)C2)c1. The Labute approximate surface area is 209 Å². The zero-order chi connectivity index (χ0) is 25.6. The van der Waals surface area contributed by atoms with Crippen LogP contribution in [0.3, 0.4) is 0 Å². The fourth-order valence-corrected chi connectivity index (χ4v) is 6.29. The van der Waals surface area contributed by atoms with E-state index >= 15 is 0 Å². The van der Waals surface area contributed by atoms with Crippen LogP contribution in [0.1, 0.15) is 51.4 Å². The molecule has 2 aromatic heterocycles. The number of carbonyl (C=O) groups excluding carboxylic acids is 2. The summed E-state index contributed by atoms with van der Waals surface area (Å²) in [7, 11) is -3.14. The smallest absolute Gasteiger partial charge is 0.256 e. The van der Waals surface area contributed by atoms with Crippen molar-refractivity contribution in [2.75, 3.05) is 16.8 Å². The summed E-state index contributed by atoms with van der Waals surface area (Å²) in [5.41, 5.74) is 4.98. The molecule has 5 rings (SSSR count). The molecule has 1 saturated heterocycles. The monoisotopic (exact) mass is 502 g/mol. The molecule has 1 aliphatic heterocycles. The largest absolute Gasteiger partial charge is 0.322 e. The highest BCUT2D eigenvalue weighted by molar-refractivity contribution is 7.91. The van der Waals surface area contributed by atoms with Gasteiger partial charge in [-0.05, 0) is 45.4 Å². The highest BCUT2D eigenvalue weighted by Gasteiger charge is 2.32. The van der Waals surface area contributed by atoms with Gasteiger partial charge in [0.1, 0.15) is 0 Å². The number of sulfone groups is 1. The lowest BCUT2D eigenvalue weighted by atomic mass is 10.0. The Morgan fingerprint density at radius 1 is 1.06 bits per heavy atom. The highest BCUT2D eigenvalue weighted by atomic mass is 32.2. The average molecular weight is 503 g/mol. The van der Waals surface area contributed by atoms with Crippen LogP contribution >= 0.6 is 0 Å². The van der Waals surface area contributed by atoms with Gasteiger partial charge in [0.05, 0.1) is 39.9 Å². The molecule has 3 heterocycles. The number of hydrogen-bond acceptors (Lipinski definition) is 6. The summed E-state index contributed by atoms with van der Waals surface area (Å²) >= 11 is 0. The van der Waals surface area contributed by atoms with E-state index in [9.17, 15) is 18.0 Å². The van der Waals surface area contributed by atoms with Crippen LogP contribution in [0, 0.1) is 13.8 Å². The summed E-state index contributed by atoms with van der Waals surface area (Å²) in [5.74, 6) is -0.352. The molecule has 0 saturated carbocycles. The van der Waals surface area contributed by atoms with Crippen molar-refractivity contribution >= 4 is 38.2 Å². The standard InChI is InChI=1S/C27H26N4O4S/c1-16-7-9-19(10-8-16)24-14-23(27(33)28-21-6-4-5-20(13-21)18(3)32)25-17(2)30-31(26(25)29-24)22-11-12-36(34,35)15-22/h4-10,13-14,22H,11-12,15H2,1-3H3,(H,28,33). The van der Waals surface area contributed by atoms with Gasteiger partial charge in [-0.3, -0.25) is 9.59 Å². The molecule has 0 radical (unpaired) electrons. The molecular weight excluding hydrogens is 476 g/mol. The van der Waals surface area contributed by atoms with E-state index in [1.165, 1.54) is 6.92 Å². The quantitative estimate of drug-likeness (QED) is 0.402. The molecule has 0 bridgehead atoms. The number of anilines is 1. The van der Waals surface area contributed by atoms with Crippen molar-refractivity contribution in [1.82, 2.24) is 14.8 Å². The Kier molecular flexibility index (Phi) is 5.96. The summed E-state index contributed by atoms with van der Waals surface area (Å²) in [6.07, 6.45) is 0.453. The molecule has 1 fully saturated rings. The van der Waals surface area contributed by atoms with E-state index in [4.69, 9.17) is 4.98 Å². The normalized spacial score (nSPS) is 16.8. The van der Waals surface area contributed by atoms with Crippen LogP contribution in [0.4, 0.5) is 5.69 Å². The van der Waals surface area contributed by atoms with Gasteiger partial charge in [-0.15, -0.1) is 0 Å². The van der Waals surface area contributed by atoms with Gasteiger partial charge < -0.3 is 5.32 Å². The maximum absolute atomic E-state index is 13.6. The second-order valence-electron chi connectivity index (χ2n) is 9.30. The lowest BCUT2D eigenvalue weighted by Crippen LogP contribution is -2.15. The maximum Gasteiger partial charge on any atom is 0.256 e. The number of aromatic nitrogens is 3. The second-order valence-corrected chi connectivity index (χ2v) is 11.5. The molecule has 9 heteroatoms. The van der Waals surface area contributed by atoms with Crippen LogP contribution in [-0.4, -0.2) is 46.4 Å². The zero-order valence-electron chi connectivity index (χ0n) is 20.3. The zero-order valence-corrected chi connectivity index (χ0v) is 21.1. The number of benzene rings is 2. The van der Waals surface area contributed by atoms with E-state index in [-0.39, 0.29) is 29.2 Å². The minimum absolute atomic E-state index is 0.000965. The van der Waals surface area contributed by atoms with Crippen LogP contribution in [0.5, 0.6) is 0 Å². The summed E-state index contributed by atoms with van der Waals surface area (Å²) in [6.45, 7) is 5.26. The van der Waals surface area contributed by atoms with Crippen molar-refractivity contribution in [1.29, 1.82) is 0 Å². The van der Waals surface area contributed by atoms with Gasteiger partial charge in [0.2, 0.25) is 0 Å². The van der Waals surface area contributed by atoms with Gasteiger partial charge in [0.15, 0.2) is 21.3 Å². The highest BCUT2D eigenvalue weighted by Crippen LogP contribution is 2.32. The molecule has 8 nitrogen and oxygen atoms in total. The van der Waals surface area contributed by atoms with Gasteiger partial charge in [-0.25, -0.2) is 18.1 Å². The number of nitrogens with one attached hydrogen (secondary N) is 1. The lowest BCUT2D eigenvalue weighted by molar-refractivity contribution is 0.101. The van der Waals surface area contributed by atoms with E-state index < -0.39 is 9.84 Å². The number of carbonyl (C=O) groups is 2. The predicted octanol–water partition coefficient (Wildman–Crippen LogP) is 4.53. The van der Waals surface area contributed by atoms with Gasteiger partial charge in [0, 0.05) is 16.8 Å². The molecular formula is C27H26N4O4S. The van der Waals surface area contributed by atoms with Gasteiger partial charge in [-0.2, -0.15) is 5.10 Å². The molecule has 36 heavy (non-hydrogen) atoms. The Hall–Kier alpha value is -3.85. The molecule has 1 aliphatic rings. The number of aryl methyl sites for hydroxylation is 2. The average Bonchev–Trinajstić information content (AvgIpc) is 3.37. The number of fused-ring (bicyclic) bond motifs is 1. The van der Waals surface area contributed by atoms with E-state index in [0.29, 0.717) is 45.7 Å². The van der Waals surface area contributed by atoms with Crippen LogP contribution in [0.2, 0.25) is 0 Å². The minimum atomic E-state index is -3.14. The number of ketones is 1. The number of amides is 1. The van der Waals surface area contributed by atoms with Gasteiger partial charge >= 0.3 is 0 Å². The summed E-state index contributed by atoms with van der Waals surface area (Å²) < 4.78 is 26.0. The van der Waals surface area contributed by atoms with Crippen molar-refractivity contribution in [2.45, 2.75) is 33.2 Å². The second kappa shape index (κ2) is 8.98. The van der Waals surface area contributed by atoms with Gasteiger partial charge in [0.25, 0.3) is 5.91 Å². The van der Waals surface area contributed by atoms with Gasteiger partial charge in [-0.1, -0.05) is 42.0 Å². The predicted molar refractivity (Wildman–Crippen MR) is 139 cm³/mol. The Morgan fingerprint density at radius 2 is 1.81 bits per heavy atom. The van der Waals surface area contributed by atoms with E-state index in [2.05, 4.69) is 10.4 Å². The third-order valence-electron chi connectivity index (χ3n) is 6.51. The van der Waals surface area contributed by atoms with Crippen LogP contribution < -0.4 is 5.32 Å². The maximum atomic E-state index is 13.6. The van der Waals surface area contributed by atoms with E-state index in [0.717, 1.165) is 11.1 Å². The molecule has 184 valence electrons. The summed E-state index contributed by atoms with van der Waals surface area (Å²) in [5, 5.41) is 8.12. The van der Waals surface area contributed by atoms with E-state index in [1.807, 2.05) is 31.2 Å². The fourth-order valence-electron chi connectivity index (χ4n) is 4.60. The number of Topliss-reactive ketones (excluding diaryl/α,β-unsaturated/α-hetero) is 1. The first-order valence-corrected chi connectivity index (χ1v) is 13.5. The summed E-state index contributed by atoms with van der Waals surface area (Å²) in [4.78, 5) is 30.2. The Balaban J connectivity index is 1.66. The number of nitrogens with zero attached hydrogens (tertiary/aromatic N) is 3. The van der Waals surface area contributed by atoms with Crippen LogP contribution in [0.25, 0.3) is 22.3 Å². The topological polar surface area (TPSA) is 111 Å². The molecule has 0 aliphatic carbocycles. The molecule has 1 N–H and O–H groups in total. The number of rotatable bonds is 5. The first kappa shape index (κ1) is 23.9. The number of pyridine rings is 1. The molecule has 2 aromatic carbocycles. The van der Waals surface area contributed by atoms with Crippen molar-refractivity contribution < 1.29 is 18.0 Å². The Morgan fingerprint density at radius 3 is 2.47 bits per heavy atom. The third-order valence-corrected chi connectivity index (χ3v) is 8.26. The fraction of sp³-hybridized carbons (Fsp3) is 0.259. The van der Waals surface area contributed by atoms with E-state index in [1.54, 1.807) is 41.9 Å². The van der Waals surface area contributed by atoms with Crippen LogP contribution in [0.15, 0.2) is 54.6 Å². The van der Waals surface area contributed by atoms with Crippen molar-refractivity contribution in [3.05, 3.63) is 77.0 Å². The first-order valence-electron chi connectivity index (χ1n) is 11.7. The Bertz CT molecular complexity index is 1620. The third kappa shape index (κ3) is 4.54. The van der Waals surface area contributed by atoms with Crippen molar-refractivity contribution in [2.24, 2.45) is 0 Å². The van der Waals surface area contributed by atoms with Crippen molar-refractivity contribution in [3.8, 4) is 11.3 Å². The summed E-state index contributed by atoms with van der Waals surface area (Å²) in [6, 6.07) is 16.0. The van der Waals surface area contributed by atoms with Crippen LogP contribution in [-0.2, 0) is 9.84 Å². The molecule has 1 atom stereocenters. The first-order chi connectivity index (χ1) is 17.1. The molecule has 1 unspecified atom stereocenters.